The predicted octanol–water partition coefficient (Wildman–Crippen LogP) is 0.697. The molecule has 0 spiro atoms. The van der Waals surface area contributed by atoms with Crippen LogP contribution in [0.5, 0.6) is 0 Å². The van der Waals surface area contributed by atoms with Crippen molar-refractivity contribution in [2.75, 3.05) is 13.1 Å². The largest absolute Gasteiger partial charge is 0.347 e. The van der Waals surface area contributed by atoms with Crippen LogP contribution in [0.15, 0.2) is 24.3 Å². The fourth-order valence-corrected chi connectivity index (χ4v) is 1.48. The fourth-order valence-electron chi connectivity index (χ4n) is 1.48. The Balaban J connectivity index is 2.06. The van der Waals surface area contributed by atoms with Crippen molar-refractivity contribution in [1.29, 1.82) is 0 Å². The van der Waals surface area contributed by atoms with E-state index in [1.54, 1.807) is 0 Å². The molecule has 1 saturated heterocycles. The van der Waals surface area contributed by atoms with E-state index in [-0.39, 0.29) is 5.91 Å². The van der Waals surface area contributed by atoms with Gasteiger partial charge in [-0.25, -0.2) is 0 Å². The third-order valence-electron chi connectivity index (χ3n) is 2.51. The smallest absolute Gasteiger partial charge is 0.251 e. The summed E-state index contributed by atoms with van der Waals surface area (Å²) < 4.78 is 0. The molecule has 1 amide bonds. The molecule has 3 heteroatoms. The number of carbonyl (C=O) groups excluding carboxylic acids is 1. The molecule has 0 radical (unpaired) electrons. The van der Waals surface area contributed by atoms with Gasteiger partial charge in [-0.05, 0) is 18.6 Å². The van der Waals surface area contributed by atoms with Crippen molar-refractivity contribution >= 4 is 5.91 Å². The van der Waals surface area contributed by atoms with Crippen molar-refractivity contribution < 1.29 is 4.79 Å². The van der Waals surface area contributed by atoms with E-state index in [0.29, 0.717) is 6.04 Å². The van der Waals surface area contributed by atoms with E-state index in [1.807, 2.05) is 31.2 Å². The van der Waals surface area contributed by atoms with Gasteiger partial charge in [0.05, 0.1) is 6.04 Å². The lowest BCUT2D eigenvalue weighted by molar-refractivity contribution is 0.0923. The highest BCUT2D eigenvalue weighted by atomic mass is 16.1. The van der Waals surface area contributed by atoms with Crippen LogP contribution in [0.2, 0.25) is 0 Å². The summed E-state index contributed by atoms with van der Waals surface area (Å²) in [4.78, 5) is 11.7. The number of amides is 1. The SMILES string of the molecule is Cc1ccccc1C(=O)NC1CNC1. The molecule has 0 saturated carbocycles. The number of hydrogen-bond acceptors (Lipinski definition) is 2. The Morgan fingerprint density at radius 3 is 2.71 bits per heavy atom. The van der Waals surface area contributed by atoms with E-state index < -0.39 is 0 Å². The molecule has 0 atom stereocenters. The second kappa shape index (κ2) is 3.80. The van der Waals surface area contributed by atoms with E-state index in [9.17, 15) is 4.79 Å². The molecular formula is C11H14N2O. The lowest BCUT2D eigenvalue weighted by Crippen LogP contribution is -2.57. The summed E-state index contributed by atoms with van der Waals surface area (Å²) >= 11 is 0. The number of aryl methyl sites for hydroxylation is 1. The molecule has 1 aromatic carbocycles. The van der Waals surface area contributed by atoms with Crippen LogP contribution in [0.4, 0.5) is 0 Å². The van der Waals surface area contributed by atoms with Crippen molar-refractivity contribution in [3.63, 3.8) is 0 Å². The molecule has 2 rings (SSSR count). The van der Waals surface area contributed by atoms with Crippen LogP contribution < -0.4 is 10.6 Å². The maximum atomic E-state index is 11.7. The molecule has 0 aliphatic carbocycles. The summed E-state index contributed by atoms with van der Waals surface area (Å²) in [6.07, 6.45) is 0. The van der Waals surface area contributed by atoms with E-state index in [4.69, 9.17) is 0 Å². The zero-order valence-electron chi connectivity index (χ0n) is 8.21. The van der Waals surface area contributed by atoms with Crippen molar-refractivity contribution in [1.82, 2.24) is 10.6 Å². The molecule has 1 aliphatic rings. The maximum Gasteiger partial charge on any atom is 0.251 e. The van der Waals surface area contributed by atoms with Crippen molar-refractivity contribution in [2.24, 2.45) is 0 Å². The van der Waals surface area contributed by atoms with Gasteiger partial charge in [-0.15, -0.1) is 0 Å². The molecule has 1 aliphatic heterocycles. The fraction of sp³-hybridized carbons (Fsp3) is 0.364. The first kappa shape index (κ1) is 9.21. The van der Waals surface area contributed by atoms with Crippen molar-refractivity contribution in [2.45, 2.75) is 13.0 Å². The van der Waals surface area contributed by atoms with E-state index in [2.05, 4.69) is 10.6 Å². The average Bonchev–Trinajstić information content (AvgIpc) is 2.12. The monoisotopic (exact) mass is 190 g/mol. The Morgan fingerprint density at radius 1 is 1.43 bits per heavy atom. The van der Waals surface area contributed by atoms with Crippen LogP contribution in [-0.4, -0.2) is 25.0 Å². The second-order valence-corrected chi connectivity index (χ2v) is 3.64. The van der Waals surface area contributed by atoms with Gasteiger partial charge in [0, 0.05) is 18.7 Å². The quantitative estimate of drug-likeness (QED) is 0.720. The Hall–Kier alpha value is -1.35. The summed E-state index contributed by atoms with van der Waals surface area (Å²) in [6, 6.07) is 7.95. The number of hydrogen-bond donors (Lipinski definition) is 2. The van der Waals surface area contributed by atoms with Crippen LogP contribution >= 0.6 is 0 Å². The van der Waals surface area contributed by atoms with E-state index in [1.165, 1.54) is 0 Å². The highest BCUT2D eigenvalue weighted by molar-refractivity contribution is 5.95. The van der Waals surface area contributed by atoms with Gasteiger partial charge in [0.2, 0.25) is 0 Å². The molecule has 74 valence electrons. The molecule has 0 aromatic heterocycles. The predicted molar refractivity (Wildman–Crippen MR) is 55.3 cm³/mol. The lowest BCUT2D eigenvalue weighted by Gasteiger charge is -2.28. The van der Waals surface area contributed by atoms with Gasteiger partial charge in [-0.3, -0.25) is 4.79 Å². The molecule has 0 bridgehead atoms. The number of nitrogens with one attached hydrogen (secondary N) is 2. The molecule has 1 heterocycles. The highest BCUT2D eigenvalue weighted by Gasteiger charge is 2.19. The zero-order valence-corrected chi connectivity index (χ0v) is 8.21. The molecule has 1 aromatic rings. The Kier molecular flexibility index (Phi) is 2.50. The van der Waals surface area contributed by atoms with Gasteiger partial charge >= 0.3 is 0 Å². The second-order valence-electron chi connectivity index (χ2n) is 3.64. The van der Waals surface area contributed by atoms with Gasteiger partial charge in [0.15, 0.2) is 0 Å². The normalized spacial score (nSPS) is 16.1. The average molecular weight is 190 g/mol. The summed E-state index contributed by atoms with van der Waals surface area (Å²) in [5.41, 5.74) is 1.80. The number of carbonyl (C=O) groups is 1. The Morgan fingerprint density at radius 2 is 2.14 bits per heavy atom. The first-order valence-electron chi connectivity index (χ1n) is 4.84. The number of benzene rings is 1. The molecule has 0 unspecified atom stereocenters. The lowest BCUT2D eigenvalue weighted by atomic mass is 10.1. The van der Waals surface area contributed by atoms with Gasteiger partial charge in [-0.1, -0.05) is 18.2 Å². The molecule has 2 N–H and O–H groups in total. The molecule has 14 heavy (non-hydrogen) atoms. The first-order chi connectivity index (χ1) is 6.77. The first-order valence-corrected chi connectivity index (χ1v) is 4.84. The number of rotatable bonds is 2. The standard InChI is InChI=1S/C11H14N2O/c1-8-4-2-3-5-10(8)11(14)13-9-6-12-7-9/h2-5,9,12H,6-7H2,1H3,(H,13,14). The highest BCUT2D eigenvalue weighted by Crippen LogP contribution is 2.07. The van der Waals surface area contributed by atoms with Gasteiger partial charge < -0.3 is 10.6 Å². The minimum Gasteiger partial charge on any atom is -0.347 e. The van der Waals surface area contributed by atoms with Crippen molar-refractivity contribution in [3.8, 4) is 0 Å². The maximum absolute atomic E-state index is 11.7. The topological polar surface area (TPSA) is 41.1 Å². The minimum absolute atomic E-state index is 0.0367. The van der Waals surface area contributed by atoms with Gasteiger partial charge in [0.1, 0.15) is 0 Å². The minimum atomic E-state index is 0.0367. The summed E-state index contributed by atoms with van der Waals surface area (Å²) in [6.45, 7) is 3.73. The molecular weight excluding hydrogens is 176 g/mol. The van der Waals surface area contributed by atoms with Crippen LogP contribution in [0, 0.1) is 6.92 Å². The van der Waals surface area contributed by atoms with Gasteiger partial charge in [0.25, 0.3) is 5.91 Å². The van der Waals surface area contributed by atoms with E-state index in [0.717, 1.165) is 24.2 Å². The molecule has 1 fully saturated rings. The zero-order chi connectivity index (χ0) is 9.97. The summed E-state index contributed by atoms with van der Waals surface area (Å²) in [7, 11) is 0. The summed E-state index contributed by atoms with van der Waals surface area (Å²) in [5.74, 6) is 0.0367. The van der Waals surface area contributed by atoms with Crippen LogP contribution in [0.1, 0.15) is 15.9 Å². The third-order valence-corrected chi connectivity index (χ3v) is 2.51. The van der Waals surface area contributed by atoms with Gasteiger partial charge in [-0.2, -0.15) is 0 Å². The van der Waals surface area contributed by atoms with Crippen LogP contribution in [-0.2, 0) is 0 Å². The van der Waals surface area contributed by atoms with Crippen molar-refractivity contribution in [3.05, 3.63) is 35.4 Å². The third kappa shape index (κ3) is 1.77. The Labute approximate surface area is 83.5 Å². The molecule has 3 nitrogen and oxygen atoms in total. The van der Waals surface area contributed by atoms with Crippen LogP contribution in [0.25, 0.3) is 0 Å². The van der Waals surface area contributed by atoms with E-state index >= 15 is 0 Å². The Bertz CT molecular complexity index is 345. The van der Waals surface area contributed by atoms with Crippen LogP contribution in [0.3, 0.4) is 0 Å². The summed E-state index contributed by atoms with van der Waals surface area (Å²) in [5, 5.41) is 6.09.